The van der Waals surface area contributed by atoms with E-state index in [0.29, 0.717) is 11.5 Å². The zero-order valence-electron chi connectivity index (χ0n) is 10.8. The van der Waals surface area contributed by atoms with E-state index in [0.717, 1.165) is 24.1 Å². The first-order valence-electron chi connectivity index (χ1n) is 5.77. The Balaban J connectivity index is 2.64. The number of phenolic OH excluding ortho intramolecular Hbond substituents is 1. The minimum absolute atomic E-state index is 0.153. The zero-order valence-corrected chi connectivity index (χ0v) is 10.8. The molecular formula is C13H19NO3. The summed E-state index contributed by atoms with van der Waals surface area (Å²) in [6, 6.07) is 2.06. The molecule has 2 rings (SSSR count). The van der Waals surface area contributed by atoms with Crippen LogP contribution in [-0.2, 0) is 6.42 Å². The van der Waals surface area contributed by atoms with Crippen LogP contribution in [0.4, 0.5) is 0 Å². The predicted octanol–water partition coefficient (Wildman–Crippen LogP) is 1.96. The van der Waals surface area contributed by atoms with Crippen molar-refractivity contribution < 1.29 is 14.6 Å². The Morgan fingerprint density at radius 2 is 1.94 bits per heavy atom. The molecule has 0 saturated carbocycles. The maximum Gasteiger partial charge on any atom is 0.203 e. The lowest BCUT2D eigenvalue weighted by Gasteiger charge is -2.33. The van der Waals surface area contributed by atoms with Gasteiger partial charge in [0.15, 0.2) is 11.5 Å². The number of phenols is 1. The van der Waals surface area contributed by atoms with Crippen LogP contribution in [0.2, 0.25) is 0 Å². The van der Waals surface area contributed by atoms with Gasteiger partial charge in [0.05, 0.1) is 14.2 Å². The third-order valence-electron chi connectivity index (χ3n) is 3.56. The summed E-state index contributed by atoms with van der Waals surface area (Å²) >= 11 is 0. The molecule has 0 fully saturated rings. The van der Waals surface area contributed by atoms with Gasteiger partial charge < -0.3 is 14.6 Å². The van der Waals surface area contributed by atoms with E-state index in [9.17, 15) is 5.11 Å². The van der Waals surface area contributed by atoms with Gasteiger partial charge in [0.2, 0.25) is 5.75 Å². The number of likely N-dealkylation sites (N-methyl/N-ethyl adjacent to an activating group) is 1. The molecule has 0 aliphatic carbocycles. The normalized spacial score (nSPS) is 19.9. The number of fused-ring (bicyclic) bond motifs is 1. The van der Waals surface area contributed by atoms with Crippen LogP contribution in [0.5, 0.6) is 17.2 Å². The summed E-state index contributed by atoms with van der Waals surface area (Å²) in [6.07, 6.45) is 0.921. The Kier molecular flexibility index (Phi) is 3.15. The Morgan fingerprint density at radius 3 is 2.53 bits per heavy atom. The van der Waals surface area contributed by atoms with Crippen LogP contribution >= 0.6 is 0 Å². The highest BCUT2D eigenvalue weighted by Gasteiger charge is 2.28. The number of aromatic hydroxyl groups is 1. The van der Waals surface area contributed by atoms with Crippen molar-refractivity contribution in [1.29, 1.82) is 0 Å². The molecule has 0 radical (unpaired) electrons. The molecule has 4 heteroatoms. The van der Waals surface area contributed by atoms with E-state index in [1.54, 1.807) is 20.3 Å². The third-order valence-corrected chi connectivity index (χ3v) is 3.56. The maximum absolute atomic E-state index is 9.91. The Bertz CT molecular complexity index is 431. The van der Waals surface area contributed by atoms with Crippen LogP contribution < -0.4 is 9.47 Å². The molecule has 0 saturated heterocycles. The van der Waals surface area contributed by atoms with Crippen molar-refractivity contribution in [2.45, 2.75) is 19.4 Å². The SMILES string of the molecule is COc1c(O)cc2c(c1OC)[C@H](C)N(C)CC2. The summed E-state index contributed by atoms with van der Waals surface area (Å²) in [5.41, 5.74) is 2.27. The molecule has 0 unspecified atom stereocenters. The van der Waals surface area contributed by atoms with Crippen molar-refractivity contribution in [2.24, 2.45) is 0 Å². The summed E-state index contributed by atoms with van der Waals surface area (Å²) in [5.74, 6) is 1.23. The highest BCUT2D eigenvalue weighted by Crippen LogP contribution is 2.46. The fourth-order valence-corrected chi connectivity index (χ4v) is 2.47. The fourth-order valence-electron chi connectivity index (χ4n) is 2.47. The molecule has 1 aliphatic rings. The van der Waals surface area contributed by atoms with Crippen LogP contribution in [0.1, 0.15) is 24.1 Å². The average molecular weight is 237 g/mol. The first-order valence-corrected chi connectivity index (χ1v) is 5.77. The first kappa shape index (κ1) is 12.0. The highest BCUT2D eigenvalue weighted by atomic mass is 16.5. The number of hydrogen-bond donors (Lipinski definition) is 1. The van der Waals surface area contributed by atoms with Gasteiger partial charge in [-0.3, -0.25) is 4.90 Å². The van der Waals surface area contributed by atoms with Gasteiger partial charge in [-0.15, -0.1) is 0 Å². The van der Waals surface area contributed by atoms with Crippen molar-refractivity contribution in [2.75, 3.05) is 27.8 Å². The average Bonchev–Trinajstić information content (AvgIpc) is 2.32. The molecular weight excluding hydrogens is 218 g/mol. The van der Waals surface area contributed by atoms with Crippen molar-refractivity contribution >= 4 is 0 Å². The molecule has 1 aromatic carbocycles. The van der Waals surface area contributed by atoms with Gasteiger partial charge in [0.25, 0.3) is 0 Å². The molecule has 4 nitrogen and oxygen atoms in total. The minimum Gasteiger partial charge on any atom is -0.504 e. The van der Waals surface area contributed by atoms with Crippen LogP contribution in [-0.4, -0.2) is 37.8 Å². The van der Waals surface area contributed by atoms with Gasteiger partial charge in [0.1, 0.15) is 0 Å². The largest absolute Gasteiger partial charge is 0.504 e. The molecule has 17 heavy (non-hydrogen) atoms. The van der Waals surface area contributed by atoms with E-state index in [1.807, 2.05) is 0 Å². The lowest BCUT2D eigenvalue weighted by molar-refractivity contribution is 0.236. The van der Waals surface area contributed by atoms with Gasteiger partial charge in [-0.25, -0.2) is 0 Å². The molecule has 0 amide bonds. The monoisotopic (exact) mass is 237 g/mol. The molecule has 1 N–H and O–H groups in total. The van der Waals surface area contributed by atoms with Crippen LogP contribution in [0.3, 0.4) is 0 Å². The van der Waals surface area contributed by atoms with Crippen LogP contribution in [0.15, 0.2) is 6.07 Å². The summed E-state index contributed by atoms with van der Waals surface area (Å²) in [6.45, 7) is 3.13. The van der Waals surface area contributed by atoms with E-state index in [1.165, 1.54) is 0 Å². The first-order chi connectivity index (χ1) is 8.10. The van der Waals surface area contributed by atoms with Crippen LogP contribution in [0, 0.1) is 0 Å². The molecule has 1 atom stereocenters. The standard InChI is InChI=1S/C13H19NO3/c1-8-11-9(5-6-14(8)2)7-10(15)12(16-3)13(11)17-4/h7-8,15H,5-6H2,1-4H3/t8-/m0/s1. The fraction of sp³-hybridized carbons (Fsp3) is 0.538. The van der Waals surface area contributed by atoms with E-state index in [4.69, 9.17) is 9.47 Å². The molecule has 1 aromatic rings. The number of ether oxygens (including phenoxy) is 2. The Hall–Kier alpha value is -1.42. The number of methoxy groups -OCH3 is 2. The quantitative estimate of drug-likeness (QED) is 0.853. The molecule has 1 heterocycles. The van der Waals surface area contributed by atoms with E-state index < -0.39 is 0 Å². The number of nitrogens with zero attached hydrogens (tertiary/aromatic N) is 1. The second kappa shape index (κ2) is 4.45. The molecule has 1 aliphatic heterocycles. The topological polar surface area (TPSA) is 41.9 Å². The van der Waals surface area contributed by atoms with Crippen LogP contribution in [0.25, 0.3) is 0 Å². The predicted molar refractivity (Wildman–Crippen MR) is 66.0 cm³/mol. The van der Waals surface area contributed by atoms with Gasteiger partial charge in [-0.05, 0) is 32.0 Å². The lowest BCUT2D eigenvalue weighted by Crippen LogP contribution is -2.30. The molecule has 94 valence electrons. The summed E-state index contributed by atoms with van der Waals surface area (Å²) < 4.78 is 10.6. The van der Waals surface area contributed by atoms with Crippen molar-refractivity contribution in [1.82, 2.24) is 4.90 Å². The van der Waals surface area contributed by atoms with Gasteiger partial charge in [-0.2, -0.15) is 0 Å². The van der Waals surface area contributed by atoms with E-state index in [-0.39, 0.29) is 11.8 Å². The number of benzene rings is 1. The highest BCUT2D eigenvalue weighted by molar-refractivity contribution is 5.60. The smallest absolute Gasteiger partial charge is 0.203 e. The summed E-state index contributed by atoms with van der Waals surface area (Å²) in [7, 11) is 5.24. The zero-order chi connectivity index (χ0) is 12.6. The van der Waals surface area contributed by atoms with E-state index in [2.05, 4.69) is 18.9 Å². The van der Waals surface area contributed by atoms with E-state index >= 15 is 0 Å². The van der Waals surface area contributed by atoms with Crippen molar-refractivity contribution in [3.8, 4) is 17.2 Å². The number of rotatable bonds is 2. The third kappa shape index (κ3) is 1.82. The molecule has 0 aromatic heterocycles. The lowest BCUT2D eigenvalue weighted by atomic mass is 9.92. The minimum atomic E-state index is 0.153. The summed E-state index contributed by atoms with van der Waals surface area (Å²) in [5, 5.41) is 9.91. The Labute approximate surface area is 102 Å². The Morgan fingerprint density at radius 1 is 1.29 bits per heavy atom. The summed E-state index contributed by atoms with van der Waals surface area (Å²) in [4.78, 5) is 2.27. The van der Waals surface area contributed by atoms with Gasteiger partial charge in [0, 0.05) is 18.2 Å². The maximum atomic E-state index is 9.91. The molecule has 0 spiro atoms. The van der Waals surface area contributed by atoms with Gasteiger partial charge >= 0.3 is 0 Å². The van der Waals surface area contributed by atoms with Gasteiger partial charge in [-0.1, -0.05) is 0 Å². The van der Waals surface area contributed by atoms with Crippen molar-refractivity contribution in [3.05, 3.63) is 17.2 Å². The second-order valence-corrected chi connectivity index (χ2v) is 4.44. The molecule has 0 bridgehead atoms. The second-order valence-electron chi connectivity index (χ2n) is 4.44. The number of hydrogen-bond acceptors (Lipinski definition) is 4. The van der Waals surface area contributed by atoms with Crippen molar-refractivity contribution in [3.63, 3.8) is 0 Å².